The van der Waals surface area contributed by atoms with Gasteiger partial charge in [0.2, 0.25) is 0 Å². The second kappa shape index (κ2) is 7.51. The fourth-order valence-electron chi connectivity index (χ4n) is 1.53. The third-order valence-electron chi connectivity index (χ3n) is 2.33. The zero-order valence-electron chi connectivity index (χ0n) is 11.3. The first-order chi connectivity index (χ1) is 9.58. The highest BCUT2D eigenvalue weighted by Crippen LogP contribution is 2.40. The summed E-state index contributed by atoms with van der Waals surface area (Å²) < 4.78 is 9.66. The number of anilines is 1. The monoisotopic (exact) mass is 281 g/mol. The van der Waals surface area contributed by atoms with Gasteiger partial charge in [0.15, 0.2) is 0 Å². The van der Waals surface area contributed by atoms with Gasteiger partial charge in [-0.25, -0.2) is 9.59 Å². The number of ether oxygens (including phenoxy) is 2. The molecule has 0 aromatic heterocycles. The highest BCUT2D eigenvalue weighted by molar-refractivity contribution is 6.13. The van der Waals surface area contributed by atoms with Gasteiger partial charge in [-0.2, -0.15) is 4.90 Å². The van der Waals surface area contributed by atoms with Crippen LogP contribution in [0.25, 0.3) is 11.1 Å². The Morgan fingerprint density at radius 3 is 1.80 bits per heavy atom. The van der Waals surface area contributed by atoms with Gasteiger partial charge in [-0.15, -0.1) is 0 Å². The molecule has 0 spiro atoms. The van der Waals surface area contributed by atoms with Gasteiger partial charge in [0.1, 0.15) is 0 Å². The van der Waals surface area contributed by atoms with Gasteiger partial charge in [0, 0.05) is 0 Å². The summed E-state index contributed by atoms with van der Waals surface area (Å²) in [6, 6.07) is 5.46. The van der Waals surface area contributed by atoms with Crippen LogP contribution in [0.4, 0.5) is 15.3 Å². The average Bonchev–Trinajstić information content (AvgIpc) is 2.98. The Bertz CT molecular complexity index is 455. The summed E-state index contributed by atoms with van der Waals surface area (Å²) >= 11 is 0. The van der Waals surface area contributed by atoms with E-state index in [9.17, 15) is 9.59 Å². The first-order valence-electron chi connectivity index (χ1n) is 6.09. The lowest BCUT2D eigenvalue weighted by atomic mass is 10.4. The molecule has 8 heteroatoms. The molecule has 0 saturated carbocycles. The molecule has 2 N–H and O–H groups in total. The smallest absolute Gasteiger partial charge is 0.432 e. The Labute approximate surface area is 117 Å². The molecule has 2 amide bonds. The minimum absolute atomic E-state index is 0.210. The number of amides is 2. The zero-order valence-corrected chi connectivity index (χ0v) is 11.3. The lowest BCUT2D eigenvalue weighted by Crippen LogP contribution is -2.37. The van der Waals surface area contributed by atoms with E-state index in [1.54, 1.807) is 26.0 Å². The Kier molecular flexibility index (Phi) is 6.01. The molecule has 0 bridgehead atoms. The first-order valence-corrected chi connectivity index (χ1v) is 6.09. The number of benzene rings is 1. The van der Waals surface area contributed by atoms with Crippen LogP contribution >= 0.6 is 0 Å². The molecule has 0 aromatic carbocycles. The van der Waals surface area contributed by atoms with Gasteiger partial charge in [-0.05, 0) is 43.2 Å². The van der Waals surface area contributed by atoms with Crippen molar-refractivity contribution in [2.45, 2.75) is 13.8 Å². The van der Waals surface area contributed by atoms with E-state index in [0.29, 0.717) is 5.69 Å². The van der Waals surface area contributed by atoms with Crippen molar-refractivity contribution >= 4 is 25.6 Å². The molecule has 108 valence electrons. The second-order valence-corrected chi connectivity index (χ2v) is 3.64. The average molecular weight is 281 g/mol. The SMILES string of the molecule is CCOC(=O)N(C(=O)OCC)c1cc2cc-2c1.OBO. The minimum atomic E-state index is -0.750. The van der Waals surface area contributed by atoms with Crippen molar-refractivity contribution in [3.8, 4) is 11.1 Å². The van der Waals surface area contributed by atoms with Gasteiger partial charge in [0.25, 0.3) is 0 Å². The maximum Gasteiger partial charge on any atom is 0.432 e. The summed E-state index contributed by atoms with van der Waals surface area (Å²) in [6.07, 6.45) is -1.42. The molecule has 2 aliphatic rings. The lowest BCUT2D eigenvalue weighted by Gasteiger charge is -2.17. The Morgan fingerprint density at radius 1 is 1.05 bits per heavy atom. The van der Waals surface area contributed by atoms with E-state index in [1.807, 2.05) is 6.07 Å². The van der Waals surface area contributed by atoms with E-state index in [-0.39, 0.29) is 13.2 Å². The molecule has 20 heavy (non-hydrogen) atoms. The van der Waals surface area contributed by atoms with Gasteiger partial charge in [-0.1, -0.05) is 0 Å². The normalized spacial score (nSPS) is 9.80. The topological polar surface area (TPSA) is 96.3 Å². The Balaban J connectivity index is 0.000000612. The maximum absolute atomic E-state index is 11.7. The molecule has 0 saturated heterocycles. The number of fused-ring (bicyclic) bond motifs is 1. The number of rotatable bonds is 3. The molecular formula is C12H16BNO6. The van der Waals surface area contributed by atoms with Crippen LogP contribution in [0.2, 0.25) is 0 Å². The van der Waals surface area contributed by atoms with Crippen LogP contribution < -0.4 is 4.90 Å². The van der Waals surface area contributed by atoms with Crippen molar-refractivity contribution < 1.29 is 29.1 Å². The molecule has 2 rings (SSSR count). The van der Waals surface area contributed by atoms with Crippen LogP contribution in [0.3, 0.4) is 0 Å². The standard InChI is InChI=1S/C12H13NO4.BH3O2/c1-3-16-11(14)13(12(15)17-4-2)10-6-8-5-9(8)7-10;2-1-3/h5-7H,3-4H2,1-2H3;1-3H. The highest BCUT2D eigenvalue weighted by Gasteiger charge is 2.29. The molecule has 0 aliphatic heterocycles. The number of hydrogen-bond donors (Lipinski definition) is 2. The summed E-state index contributed by atoms with van der Waals surface area (Å²) in [5, 5.41) is 14.2. The van der Waals surface area contributed by atoms with Crippen molar-refractivity contribution in [1.29, 1.82) is 0 Å². The number of carbonyl (C=O) groups excluding carboxylic acids is 2. The molecule has 0 radical (unpaired) electrons. The molecule has 7 nitrogen and oxygen atoms in total. The van der Waals surface area contributed by atoms with E-state index >= 15 is 0 Å². The quantitative estimate of drug-likeness (QED) is 0.815. The van der Waals surface area contributed by atoms with Crippen molar-refractivity contribution in [3.63, 3.8) is 0 Å². The Morgan fingerprint density at radius 2 is 1.45 bits per heavy atom. The summed E-state index contributed by atoms with van der Waals surface area (Å²) in [4.78, 5) is 24.3. The predicted molar refractivity (Wildman–Crippen MR) is 73.5 cm³/mol. The first kappa shape index (κ1) is 16.0. The van der Waals surface area contributed by atoms with Crippen LogP contribution in [0.1, 0.15) is 13.8 Å². The fraction of sp³-hybridized carbons (Fsp3) is 0.333. The van der Waals surface area contributed by atoms with Crippen molar-refractivity contribution in [2.75, 3.05) is 18.1 Å². The van der Waals surface area contributed by atoms with Gasteiger partial charge >= 0.3 is 19.9 Å². The molecule has 0 atom stereocenters. The molecule has 2 aliphatic carbocycles. The van der Waals surface area contributed by atoms with E-state index in [4.69, 9.17) is 19.5 Å². The summed E-state index contributed by atoms with van der Waals surface area (Å²) in [5.41, 5.74) is 2.58. The second-order valence-electron chi connectivity index (χ2n) is 3.64. The number of imide groups is 1. The molecule has 0 fully saturated rings. The summed E-state index contributed by atoms with van der Waals surface area (Å²) in [7, 11) is -0.750. The van der Waals surface area contributed by atoms with E-state index < -0.39 is 19.9 Å². The van der Waals surface area contributed by atoms with Crippen molar-refractivity contribution in [1.82, 2.24) is 0 Å². The van der Waals surface area contributed by atoms with Crippen LogP contribution in [0.5, 0.6) is 0 Å². The fourth-order valence-corrected chi connectivity index (χ4v) is 1.53. The van der Waals surface area contributed by atoms with E-state index in [0.717, 1.165) is 16.0 Å². The molecule has 0 unspecified atom stereocenters. The molecule has 0 aromatic rings. The molecular weight excluding hydrogens is 265 g/mol. The van der Waals surface area contributed by atoms with Gasteiger partial charge in [-0.3, -0.25) is 0 Å². The third-order valence-corrected chi connectivity index (χ3v) is 2.33. The summed E-state index contributed by atoms with van der Waals surface area (Å²) in [5.74, 6) is 0. The summed E-state index contributed by atoms with van der Waals surface area (Å²) in [6.45, 7) is 3.79. The number of carbonyl (C=O) groups is 2. The third kappa shape index (κ3) is 3.97. The van der Waals surface area contributed by atoms with Crippen molar-refractivity contribution in [3.05, 3.63) is 18.2 Å². The molecule has 0 heterocycles. The lowest BCUT2D eigenvalue weighted by molar-refractivity contribution is 0.140. The predicted octanol–water partition coefficient (Wildman–Crippen LogP) is 1.02. The number of hydrogen-bond acceptors (Lipinski definition) is 6. The van der Waals surface area contributed by atoms with E-state index in [1.165, 1.54) is 0 Å². The van der Waals surface area contributed by atoms with E-state index in [2.05, 4.69) is 0 Å². The zero-order chi connectivity index (χ0) is 15.1. The van der Waals surface area contributed by atoms with Crippen LogP contribution in [0.15, 0.2) is 18.2 Å². The highest BCUT2D eigenvalue weighted by atomic mass is 16.6. The maximum atomic E-state index is 11.7. The van der Waals surface area contributed by atoms with Gasteiger partial charge < -0.3 is 19.5 Å². The Hall–Kier alpha value is -2.06. The van der Waals surface area contributed by atoms with Crippen LogP contribution in [-0.4, -0.2) is 43.1 Å². The largest absolute Gasteiger partial charge is 0.449 e. The number of nitrogens with zero attached hydrogens (tertiary/aromatic N) is 1. The minimum Gasteiger partial charge on any atom is -0.449 e. The van der Waals surface area contributed by atoms with Gasteiger partial charge in [0.05, 0.1) is 18.9 Å². The van der Waals surface area contributed by atoms with Crippen LogP contribution in [-0.2, 0) is 9.47 Å². The van der Waals surface area contributed by atoms with Crippen molar-refractivity contribution in [2.24, 2.45) is 0 Å². The van der Waals surface area contributed by atoms with Crippen LogP contribution in [0, 0.1) is 0 Å².